The Morgan fingerprint density at radius 1 is 1.33 bits per heavy atom. The van der Waals surface area contributed by atoms with Crippen molar-refractivity contribution in [1.29, 1.82) is 0 Å². The maximum Gasteiger partial charge on any atom is 0.223 e. The van der Waals surface area contributed by atoms with Gasteiger partial charge < -0.3 is 20.1 Å². The van der Waals surface area contributed by atoms with E-state index in [1.807, 2.05) is 17.0 Å². The normalized spacial score (nSPS) is 15.0. The Morgan fingerprint density at radius 3 is 2.76 bits per heavy atom. The lowest BCUT2D eigenvalue weighted by atomic mass is 10.1. The number of phenolic OH excluding ortho intramolecular Hbond substituents is 1. The van der Waals surface area contributed by atoms with E-state index in [0.29, 0.717) is 25.3 Å². The summed E-state index contributed by atoms with van der Waals surface area (Å²) in [5, 5.41) is 13.0. The van der Waals surface area contributed by atoms with Crippen LogP contribution in [0.2, 0.25) is 0 Å². The molecule has 1 aliphatic rings. The lowest BCUT2D eigenvalue weighted by Gasteiger charge is -2.26. The first-order valence-corrected chi connectivity index (χ1v) is 7.55. The topological polar surface area (TPSA) is 61.8 Å². The van der Waals surface area contributed by atoms with E-state index in [-0.39, 0.29) is 11.7 Å². The number of ether oxygens (including phenoxy) is 1. The van der Waals surface area contributed by atoms with E-state index in [1.165, 1.54) is 6.42 Å². The van der Waals surface area contributed by atoms with Gasteiger partial charge in [0.25, 0.3) is 0 Å². The number of carbonyl (C=O) groups excluding carboxylic acids is 1. The molecule has 1 aliphatic heterocycles. The van der Waals surface area contributed by atoms with E-state index in [0.717, 1.165) is 31.5 Å². The fourth-order valence-corrected chi connectivity index (χ4v) is 2.54. The Kier molecular flexibility index (Phi) is 5.87. The summed E-state index contributed by atoms with van der Waals surface area (Å²) in [4.78, 5) is 13.9. The molecule has 0 unspecified atom stereocenters. The van der Waals surface area contributed by atoms with E-state index in [9.17, 15) is 9.90 Å². The summed E-state index contributed by atoms with van der Waals surface area (Å²) >= 11 is 0. The van der Waals surface area contributed by atoms with Crippen LogP contribution in [0.4, 0.5) is 0 Å². The Bertz CT molecular complexity index is 471. The molecule has 0 aromatic heterocycles. The van der Waals surface area contributed by atoms with Crippen molar-refractivity contribution in [2.75, 3.05) is 26.7 Å². The van der Waals surface area contributed by atoms with Gasteiger partial charge in [-0.1, -0.05) is 6.07 Å². The van der Waals surface area contributed by atoms with Crippen molar-refractivity contribution in [2.24, 2.45) is 0 Å². The molecule has 0 aliphatic carbocycles. The number of hydrogen-bond donors (Lipinski definition) is 2. The van der Waals surface area contributed by atoms with E-state index in [2.05, 4.69) is 5.32 Å². The minimum Gasteiger partial charge on any atom is -0.507 e. The fourth-order valence-electron chi connectivity index (χ4n) is 2.54. The minimum atomic E-state index is 0.212. The summed E-state index contributed by atoms with van der Waals surface area (Å²) in [6, 6.07) is 5.24. The first-order chi connectivity index (χ1) is 10.2. The van der Waals surface area contributed by atoms with E-state index in [4.69, 9.17) is 4.74 Å². The van der Waals surface area contributed by atoms with Crippen LogP contribution in [0.5, 0.6) is 11.5 Å². The number of aromatic hydroxyl groups is 1. The van der Waals surface area contributed by atoms with Gasteiger partial charge in [0.2, 0.25) is 5.91 Å². The highest BCUT2D eigenvalue weighted by Crippen LogP contribution is 2.23. The molecule has 0 atom stereocenters. The number of carbonyl (C=O) groups is 1. The van der Waals surface area contributed by atoms with Gasteiger partial charge in [-0.05, 0) is 25.3 Å². The van der Waals surface area contributed by atoms with Gasteiger partial charge in [0, 0.05) is 44.2 Å². The summed E-state index contributed by atoms with van der Waals surface area (Å²) in [7, 11) is 1.57. The lowest BCUT2D eigenvalue weighted by Crippen LogP contribution is -2.37. The molecule has 116 valence electrons. The van der Waals surface area contributed by atoms with Crippen molar-refractivity contribution in [3.8, 4) is 11.5 Å². The predicted molar refractivity (Wildman–Crippen MR) is 81.4 cm³/mol. The van der Waals surface area contributed by atoms with Crippen LogP contribution in [0.1, 0.15) is 31.2 Å². The molecule has 2 rings (SSSR count). The highest BCUT2D eigenvalue weighted by Gasteiger charge is 2.15. The zero-order chi connectivity index (χ0) is 15.1. The van der Waals surface area contributed by atoms with Crippen LogP contribution in [-0.4, -0.2) is 42.7 Å². The number of hydrogen-bond acceptors (Lipinski definition) is 4. The van der Waals surface area contributed by atoms with Gasteiger partial charge in [0.15, 0.2) is 0 Å². The molecule has 5 nitrogen and oxygen atoms in total. The molecular weight excluding hydrogens is 268 g/mol. The molecule has 0 saturated carbocycles. The molecule has 1 aromatic carbocycles. The number of benzene rings is 1. The smallest absolute Gasteiger partial charge is 0.223 e. The van der Waals surface area contributed by atoms with Crippen molar-refractivity contribution in [2.45, 2.75) is 32.2 Å². The first-order valence-electron chi connectivity index (χ1n) is 7.55. The second-order valence-corrected chi connectivity index (χ2v) is 5.36. The van der Waals surface area contributed by atoms with Crippen molar-refractivity contribution >= 4 is 5.91 Å². The average molecular weight is 292 g/mol. The van der Waals surface area contributed by atoms with Gasteiger partial charge in [-0.2, -0.15) is 0 Å². The molecule has 1 saturated heterocycles. The molecule has 0 radical (unpaired) electrons. The van der Waals surface area contributed by atoms with Gasteiger partial charge in [0.1, 0.15) is 11.5 Å². The van der Waals surface area contributed by atoms with Crippen LogP contribution in [0.15, 0.2) is 18.2 Å². The fraction of sp³-hybridized carbons (Fsp3) is 0.562. The molecule has 1 heterocycles. The van der Waals surface area contributed by atoms with Crippen LogP contribution in [0, 0.1) is 0 Å². The first kappa shape index (κ1) is 15.6. The van der Waals surface area contributed by atoms with Crippen LogP contribution < -0.4 is 10.1 Å². The highest BCUT2D eigenvalue weighted by atomic mass is 16.5. The number of nitrogens with zero attached hydrogens (tertiary/aromatic N) is 1. The minimum absolute atomic E-state index is 0.212. The maximum atomic E-state index is 12.0. The Morgan fingerprint density at radius 2 is 2.10 bits per heavy atom. The standard InChI is InChI=1S/C16H24N2O3/c1-21-14-6-5-13(15(19)11-14)12-17-8-7-16(20)18-9-3-2-4-10-18/h5-6,11,17,19H,2-4,7-10,12H2,1H3. The summed E-state index contributed by atoms with van der Waals surface area (Å²) in [5.41, 5.74) is 0.807. The third-order valence-corrected chi connectivity index (χ3v) is 3.83. The van der Waals surface area contributed by atoms with Crippen LogP contribution in [-0.2, 0) is 11.3 Å². The second-order valence-electron chi connectivity index (χ2n) is 5.36. The molecule has 1 aromatic rings. The molecular formula is C16H24N2O3. The van der Waals surface area contributed by atoms with Gasteiger partial charge in [-0.25, -0.2) is 0 Å². The van der Waals surface area contributed by atoms with Gasteiger partial charge in [-0.15, -0.1) is 0 Å². The second kappa shape index (κ2) is 7.88. The molecule has 21 heavy (non-hydrogen) atoms. The van der Waals surface area contributed by atoms with Gasteiger partial charge >= 0.3 is 0 Å². The highest BCUT2D eigenvalue weighted by molar-refractivity contribution is 5.76. The third-order valence-electron chi connectivity index (χ3n) is 3.83. The van der Waals surface area contributed by atoms with Gasteiger partial charge in [0.05, 0.1) is 7.11 Å². The number of amides is 1. The maximum absolute atomic E-state index is 12.0. The summed E-state index contributed by atoms with van der Waals surface area (Å²) in [6.45, 7) is 2.97. The van der Waals surface area contributed by atoms with Crippen molar-refractivity contribution in [1.82, 2.24) is 10.2 Å². The van der Waals surface area contributed by atoms with Crippen molar-refractivity contribution in [3.05, 3.63) is 23.8 Å². The quantitative estimate of drug-likeness (QED) is 0.786. The van der Waals surface area contributed by atoms with Crippen LogP contribution in [0.25, 0.3) is 0 Å². The molecule has 0 bridgehead atoms. The monoisotopic (exact) mass is 292 g/mol. The average Bonchev–Trinajstić information content (AvgIpc) is 2.53. The Hall–Kier alpha value is -1.75. The zero-order valence-electron chi connectivity index (χ0n) is 12.6. The summed E-state index contributed by atoms with van der Waals surface area (Å²) in [5.74, 6) is 1.07. The third kappa shape index (κ3) is 4.63. The summed E-state index contributed by atoms with van der Waals surface area (Å²) in [6.07, 6.45) is 3.99. The number of likely N-dealkylation sites (tertiary alicyclic amines) is 1. The predicted octanol–water partition coefficient (Wildman–Crippen LogP) is 1.89. The van der Waals surface area contributed by atoms with E-state index >= 15 is 0 Å². The molecule has 1 fully saturated rings. The zero-order valence-corrected chi connectivity index (χ0v) is 12.6. The summed E-state index contributed by atoms with van der Waals surface area (Å²) < 4.78 is 5.04. The van der Waals surface area contributed by atoms with E-state index < -0.39 is 0 Å². The molecule has 0 spiro atoms. The number of piperidine rings is 1. The van der Waals surface area contributed by atoms with Crippen molar-refractivity contribution < 1.29 is 14.6 Å². The van der Waals surface area contributed by atoms with Crippen LogP contribution >= 0.6 is 0 Å². The Balaban J connectivity index is 1.70. The van der Waals surface area contributed by atoms with Crippen molar-refractivity contribution in [3.63, 3.8) is 0 Å². The number of nitrogens with one attached hydrogen (secondary N) is 1. The van der Waals surface area contributed by atoms with E-state index in [1.54, 1.807) is 13.2 Å². The number of phenols is 1. The Labute approximate surface area is 125 Å². The largest absolute Gasteiger partial charge is 0.507 e. The molecule has 1 amide bonds. The number of methoxy groups -OCH3 is 1. The molecule has 5 heteroatoms. The van der Waals surface area contributed by atoms with Crippen LogP contribution in [0.3, 0.4) is 0 Å². The lowest BCUT2D eigenvalue weighted by molar-refractivity contribution is -0.131. The molecule has 2 N–H and O–H groups in total. The SMILES string of the molecule is COc1ccc(CNCCC(=O)N2CCCCC2)c(O)c1. The van der Waals surface area contributed by atoms with Gasteiger partial charge in [-0.3, -0.25) is 4.79 Å². The number of rotatable bonds is 6.